The molecule has 2 rings (SSSR count). The van der Waals surface area contributed by atoms with Crippen molar-refractivity contribution in [2.24, 2.45) is 0 Å². The Morgan fingerprint density at radius 2 is 2.36 bits per heavy atom. The fourth-order valence-corrected chi connectivity index (χ4v) is 2.94. The highest BCUT2D eigenvalue weighted by Crippen LogP contribution is 2.29. The Bertz CT molecular complexity index is 351. The average molecular weight is 275 g/mol. The number of halogens is 2. The van der Waals surface area contributed by atoms with Gasteiger partial charge in [-0.15, -0.1) is 0 Å². The molecule has 0 saturated carbocycles. The van der Waals surface area contributed by atoms with Crippen LogP contribution in [0.25, 0.3) is 0 Å². The second-order valence-corrected chi connectivity index (χ2v) is 5.01. The summed E-state index contributed by atoms with van der Waals surface area (Å²) >= 11 is 9.57. The Kier molecular flexibility index (Phi) is 3.15. The van der Waals surface area contributed by atoms with E-state index < -0.39 is 0 Å². The van der Waals surface area contributed by atoms with Gasteiger partial charge in [-0.25, -0.2) is 0 Å². The van der Waals surface area contributed by atoms with Gasteiger partial charge in [0, 0.05) is 22.1 Å². The van der Waals surface area contributed by atoms with Crippen molar-refractivity contribution in [3.05, 3.63) is 32.8 Å². The van der Waals surface area contributed by atoms with E-state index in [1.165, 1.54) is 17.5 Å². The van der Waals surface area contributed by atoms with Crippen molar-refractivity contribution >= 4 is 27.5 Å². The number of nitrogens with one attached hydrogen (secondary N) is 1. The van der Waals surface area contributed by atoms with Crippen LogP contribution in [0.4, 0.5) is 0 Å². The van der Waals surface area contributed by atoms with Gasteiger partial charge in [-0.2, -0.15) is 0 Å². The molecule has 0 amide bonds. The first-order valence-corrected chi connectivity index (χ1v) is 6.08. The Balaban J connectivity index is 2.37. The number of fused-ring (bicyclic) bond motifs is 1. The van der Waals surface area contributed by atoms with Gasteiger partial charge in [-0.3, -0.25) is 0 Å². The topological polar surface area (TPSA) is 12.0 Å². The number of benzene rings is 1. The van der Waals surface area contributed by atoms with E-state index in [1.54, 1.807) is 0 Å². The molecule has 1 aromatic rings. The van der Waals surface area contributed by atoms with Crippen LogP contribution in [0.3, 0.4) is 0 Å². The van der Waals surface area contributed by atoms with Crippen LogP contribution in [0.1, 0.15) is 24.5 Å². The Morgan fingerprint density at radius 1 is 1.57 bits per heavy atom. The highest BCUT2D eigenvalue weighted by molar-refractivity contribution is 9.10. The van der Waals surface area contributed by atoms with Crippen molar-refractivity contribution in [3.8, 4) is 0 Å². The van der Waals surface area contributed by atoms with Crippen LogP contribution < -0.4 is 5.32 Å². The highest BCUT2D eigenvalue weighted by Gasteiger charge is 2.18. The predicted molar refractivity (Wildman–Crippen MR) is 63.8 cm³/mol. The summed E-state index contributed by atoms with van der Waals surface area (Å²) in [5, 5.41) is 4.31. The summed E-state index contributed by atoms with van der Waals surface area (Å²) in [6.07, 6.45) is 2.28. The Morgan fingerprint density at radius 3 is 3.07 bits per heavy atom. The second-order valence-electron chi connectivity index (χ2n) is 3.72. The molecular weight excluding hydrogens is 261 g/mol. The molecule has 14 heavy (non-hydrogen) atoms. The molecule has 0 saturated heterocycles. The molecule has 0 fully saturated rings. The van der Waals surface area contributed by atoms with E-state index in [-0.39, 0.29) is 0 Å². The van der Waals surface area contributed by atoms with Gasteiger partial charge in [0.2, 0.25) is 0 Å². The van der Waals surface area contributed by atoms with Crippen LogP contribution in [0.5, 0.6) is 0 Å². The molecule has 1 unspecified atom stereocenters. The first-order chi connectivity index (χ1) is 6.70. The fourth-order valence-electron chi connectivity index (χ4n) is 1.90. The molecule has 0 aromatic heterocycles. The zero-order valence-electron chi connectivity index (χ0n) is 8.11. The summed E-state index contributed by atoms with van der Waals surface area (Å²) in [5.74, 6) is 0. The third kappa shape index (κ3) is 1.97. The molecule has 1 aliphatic rings. The van der Waals surface area contributed by atoms with Gasteiger partial charge >= 0.3 is 0 Å². The smallest absolute Gasteiger partial charge is 0.0420 e. The molecule has 1 aliphatic heterocycles. The monoisotopic (exact) mass is 273 g/mol. The standard InChI is InChI=1S/C11H13BrClN/c1-2-9-5-10-7(6-14-9)3-8(13)4-11(10)12/h3-4,9,14H,2,5-6H2,1H3. The van der Waals surface area contributed by atoms with Crippen LogP contribution in [0.15, 0.2) is 16.6 Å². The summed E-state index contributed by atoms with van der Waals surface area (Å²) in [6, 6.07) is 4.65. The molecular formula is C11H13BrClN. The SMILES string of the molecule is CCC1Cc2c(Br)cc(Cl)cc2CN1. The summed E-state index contributed by atoms with van der Waals surface area (Å²) in [4.78, 5) is 0. The third-order valence-electron chi connectivity index (χ3n) is 2.78. The lowest BCUT2D eigenvalue weighted by atomic mass is 9.95. The van der Waals surface area contributed by atoms with Crippen molar-refractivity contribution < 1.29 is 0 Å². The van der Waals surface area contributed by atoms with E-state index in [0.29, 0.717) is 6.04 Å². The maximum absolute atomic E-state index is 5.99. The maximum atomic E-state index is 5.99. The third-order valence-corrected chi connectivity index (χ3v) is 3.70. The van der Waals surface area contributed by atoms with Crippen LogP contribution in [0.2, 0.25) is 5.02 Å². The van der Waals surface area contributed by atoms with E-state index in [1.807, 2.05) is 6.07 Å². The quantitative estimate of drug-likeness (QED) is 0.826. The largest absolute Gasteiger partial charge is 0.310 e. The summed E-state index contributed by atoms with van der Waals surface area (Å²) < 4.78 is 1.15. The number of hydrogen-bond acceptors (Lipinski definition) is 1. The normalized spacial score (nSPS) is 20.6. The molecule has 1 N–H and O–H groups in total. The van der Waals surface area contributed by atoms with Crippen LogP contribution in [0, 0.1) is 0 Å². The molecule has 1 atom stereocenters. The van der Waals surface area contributed by atoms with Gasteiger partial charge in [-0.1, -0.05) is 34.5 Å². The maximum Gasteiger partial charge on any atom is 0.0420 e. The van der Waals surface area contributed by atoms with Gasteiger partial charge < -0.3 is 5.32 Å². The lowest BCUT2D eigenvalue weighted by Crippen LogP contribution is -2.35. The summed E-state index contributed by atoms with van der Waals surface area (Å²) in [7, 11) is 0. The number of rotatable bonds is 1. The lowest BCUT2D eigenvalue weighted by molar-refractivity contribution is 0.467. The van der Waals surface area contributed by atoms with E-state index in [9.17, 15) is 0 Å². The van der Waals surface area contributed by atoms with Gasteiger partial charge in [0.1, 0.15) is 0 Å². The van der Waals surface area contributed by atoms with E-state index >= 15 is 0 Å². The van der Waals surface area contributed by atoms with E-state index in [0.717, 1.165) is 22.5 Å². The molecule has 1 heterocycles. The minimum atomic E-state index is 0.611. The van der Waals surface area contributed by atoms with Crippen molar-refractivity contribution in [2.45, 2.75) is 32.4 Å². The summed E-state index contributed by atoms with van der Waals surface area (Å²) in [5.41, 5.74) is 2.74. The zero-order chi connectivity index (χ0) is 10.1. The van der Waals surface area contributed by atoms with Crippen molar-refractivity contribution in [3.63, 3.8) is 0 Å². The molecule has 1 aromatic carbocycles. The molecule has 76 valence electrons. The summed E-state index contributed by atoms with van der Waals surface area (Å²) in [6.45, 7) is 3.15. The van der Waals surface area contributed by atoms with Crippen LogP contribution >= 0.6 is 27.5 Å². The Labute approximate surface area is 98.0 Å². The van der Waals surface area contributed by atoms with Crippen LogP contribution in [-0.2, 0) is 13.0 Å². The average Bonchev–Trinajstić information content (AvgIpc) is 2.17. The minimum absolute atomic E-state index is 0.611. The Hall–Kier alpha value is -0.0500. The predicted octanol–water partition coefficient (Wildman–Crippen LogP) is 3.53. The van der Waals surface area contributed by atoms with Crippen molar-refractivity contribution in [2.75, 3.05) is 0 Å². The lowest BCUT2D eigenvalue weighted by Gasteiger charge is -2.26. The van der Waals surface area contributed by atoms with Gasteiger partial charge in [-0.05, 0) is 36.1 Å². The first kappa shape index (κ1) is 10.5. The molecule has 0 bridgehead atoms. The van der Waals surface area contributed by atoms with Gasteiger partial charge in [0.25, 0.3) is 0 Å². The molecule has 0 spiro atoms. The fraction of sp³-hybridized carbons (Fsp3) is 0.455. The molecule has 0 aliphatic carbocycles. The van der Waals surface area contributed by atoms with Gasteiger partial charge in [0.15, 0.2) is 0 Å². The minimum Gasteiger partial charge on any atom is -0.310 e. The van der Waals surface area contributed by atoms with Crippen molar-refractivity contribution in [1.82, 2.24) is 5.32 Å². The second kappa shape index (κ2) is 4.21. The van der Waals surface area contributed by atoms with Crippen LogP contribution in [-0.4, -0.2) is 6.04 Å². The highest BCUT2D eigenvalue weighted by atomic mass is 79.9. The van der Waals surface area contributed by atoms with E-state index in [4.69, 9.17) is 11.6 Å². The molecule has 0 radical (unpaired) electrons. The molecule has 3 heteroatoms. The van der Waals surface area contributed by atoms with Gasteiger partial charge in [0.05, 0.1) is 0 Å². The molecule has 1 nitrogen and oxygen atoms in total. The van der Waals surface area contributed by atoms with E-state index in [2.05, 4.69) is 34.2 Å². The first-order valence-electron chi connectivity index (χ1n) is 4.91. The zero-order valence-corrected chi connectivity index (χ0v) is 10.5. The van der Waals surface area contributed by atoms with Crippen molar-refractivity contribution in [1.29, 1.82) is 0 Å². The number of hydrogen-bond donors (Lipinski definition) is 1.